The highest BCUT2D eigenvalue weighted by atomic mass is 35.5. The van der Waals surface area contributed by atoms with Crippen molar-refractivity contribution in [2.24, 2.45) is 0 Å². The van der Waals surface area contributed by atoms with Crippen LogP contribution in [0.2, 0.25) is 5.15 Å². The summed E-state index contributed by atoms with van der Waals surface area (Å²) in [4.78, 5) is 17.8. The Balaban J connectivity index is 2.01. The molecular weight excluding hydrogens is 288 g/mol. The van der Waals surface area contributed by atoms with Gasteiger partial charge in [0, 0.05) is 12.5 Å². The Morgan fingerprint density at radius 2 is 2.05 bits per heavy atom. The zero-order valence-corrected chi connectivity index (χ0v) is 12.4. The van der Waals surface area contributed by atoms with E-state index in [0.29, 0.717) is 24.1 Å². The van der Waals surface area contributed by atoms with Crippen molar-refractivity contribution >= 4 is 17.5 Å². The van der Waals surface area contributed by atoms with Crippen LogP contribution in [0.15, 0.2) is 42.5 Å². The van der Waals surface area contributed by atoms with Gasteiger partial charge in [0.1, 0.15) is 11.3 Å². The van der Waals surface area contributed by atoms with Gasteiger partial charge in [-0.15, -0.1) is 0 Å². The number of fused-ring (bicyclic) bond motifs is 1. The van der Waals surface area contributed by atoms with Crippen LogP contribution in [-0.4, -0.2) is 22.3 Å². The lowest BCUT2D eigenvalue weighted by Crippen LogP contribution is -2.32. The second kappa shape index (κ2) is 5.74. The summed E-state index contributed by atoms with van der Waals surface area (Å²) in [6, 6.07) is 13.4. The summed E-state index contributed by atoms with van der Waals surface area (Å²) in [6.07, 6.45) is -0.248. The van der Waals surface area contributed by atoms with E-state index in [0.717, 1.165) is 11.1 Å². The molecule has 3 rings (SSSR count). The van der Waals surface area contributed by atoms with Gasteiger partial charge in [-0.05, 0) is 17.7 Å². The van der Waals surface area contributed by atoms with Crippen LogP contribution in [0.4, 0.5) is 0 Å². The van der Waals surface area contributed by atoms with Crippen molar-refractivity contribution in [2.75, 3.05) is 6.54 Å². The molecule has 2 heterocycles. The van der Waals surface area contributed by atoms with Crippen LogP contribution in [-0.2, 0) is 11.3 Å². The number of pyridine rings is 1. The second-order valence-electron chi connectivity index (χ2n) is 5.01. The predicted octanol–water partition coefficient (Wildman–Crippen LogP) is 3.22. The molecule has 0 aliphatic carbocycles. The standard InChI is InChI=1S/C16H15ClN2O2/c1-11(20)19-9-13-7-8-15(17)18-16(13)21-14(10-19)12-5-3-2-4-6-12/h2-8,14H,9-10H2,1H3/t14-/m0/s1. The van der Waals surface area contributed by atoms with Crippen LogP contribution in [0.3, 0.4) is 0 Å². The van der Waals surface area contributed by atoms with Crippen molar-refractivity contribution in [1.29, 1.82) is 0 Å². The number of hydrogen-bond acceptors (Lipinski definition) is 3. The Morgan fingerprint density at radius 1 is 1.29 bits per heavy atom. The third-order valence-corrected chi connectivity index (χ3v) is 3.73. The minimum absolute atomic E-state index is 0.0160. The smallest absolute Gasteiger partial charge is 0.220 e. The molecule has 0 fully saturated rings. The van der Waals surface area contributed by atoms with Crippen LogP contribution in [0.1, 0.15) is 24.2 Å². The Kier molecular flexibility index (Phi) is 3.80. The average molecular weight is 303 g/mol. The number of benzene rings is 1. The molecule has 0 saturated carbocycles. The summed E-state index contributed by atoms with van der Waals surface area (Å²) in [5, 5.41) is 0.386. The lowest BCUT2D eigenvalue weighted by atomic mass is 10.1. The molecule has 1 aliphatic heterocycles. The maximum Gasteiger partial charge on any atom is 0.220 e. The normalized spacial score (nSPS) is 17.6. The highest BCUT2D eigenvalue weighted by molar-refractivity contribution is 6.29. The highest BCUT2D eigenvalue weighted by Gasteiger charge is 2.26. The minimum atomic E-state index is -0.248. The molecule has 1 amide bonds. The third kappa shape index (κ3) is 3.00. The number of ether oxygens (including phenoxy) is 1. The first kappa shape index (κ1) is 13.9. The summed E-state index contributed by atoms with van der Waals surface area (Å²) in [6.45, 7) is 2.54. The van der Waals surface area contributed by atoms with E-state index in [1.807, 2.05) is 36.4 Å². The number of nitrogens with zero attached hydrogens (tertiary/aromatic N) is 2. The zero-order valence-electron chi connectivity index (χ0n) is 11.6. The van der Waals surface area contributed by atoms with Gasteiger partial charge >= 0.3 is 0 Å². The Bertz CT molecular complexity index is 661. The van der Waals surface area contributed by atoms with Gasteiger partial charge in [-0.2, -0.15) is 0 Å². The predicted molar refractivity (Wildman–Crippen MR) is 80.1 cm³/mol. The van der Waals surface area contributed by atoms with Gasteiger partial charge in [0.05, 0.1) is 13.1 Å². The van der Waals surface area contributed by atoms with Crippen molar-refractivity contribution in [1.82, 2.24) is 9.88 Å². The Morgan fingerprint density at radius 3 is 2.76 bits per heavy atom. The van der Waals surface area contributed by atoms with E-state index in [1.54, 1.807) is 17.9 Å². The topological polar surface area (TPSA) is 42.4 Å². The molecule has 1 aromatic heterocycles. The Hall–Kier alpha value is -2.07. The first-order chi connectivity index (χ1) is 10.1. The maximum atomic E-state index is 11.8. The summed E-state index contributed by atoms with van der Waals surface area (Å²) in [5.74, 6) is 0.516. The first-order valence-corrected chi connectivity index (χ1v) is 7.14. The SMILES string of the molecule is CC(=O)N1Cc2ccc(Cl)nc2O[C@H](c2ccccc2)C1. The molecule has 1 aromatic carbocycles. The van der Waals surface area contributed by atoms with Crippen molar-refractivity contribution < 1.29 is 9.53 Å². The van der Waals surface area contributed by atoms with Crippen molar-refractivity contribution in [3.8, 4) is 5.88 Å². The summed E-state index contributed by atoms with van der Waals surface area (Å²) in [5.41, 5.74) is 1.88. The molecule has 0 radical (unpaired) electrons. The molecule has 0 N–H and O–H groups in total. The number of halogens is 1. The van der Waals surface area contributed by atoms with E-state index in [-0.39, 0.29) is 12.0 Å². The first-order valence-electron chi connectivity index (χ1n) is 6.76. The minimum Gasteiger partial charge on any atom is -0.467 e. The van der Waals surface area contributed by atoms with E-state index in [2.05, 4.69) is 4.98 Å². The summed E-state index contributed by atoms with van der Waals surface area (Å²) >= 11 is 5.95. The molecule has 2 aromatic rings. The van der Waals surface area contributed by atoms with Gasteiger partial charge in [-0.3, -0.25) is 4.79 Å². The molecule has 1 atom stereocenters. The van der Waals surface area contributed by atoms with Gasteiger partial charge in [-0.25, -0.2) is 4.98 Å². The zero-order chi connectivity index (χ0) is 14.8. The lowest BCUT2D eigenvalue weighted by molar-refractivity contribution is -0.130. The van der Waals surface area contributed by atoms with Crippen LogP contribution in [0.5, 0.6) is 5.88 Å². The summed E-state index contributed by atoms with van der Waals surface area (Å²) in [7, 11) is 0. The fourth-order valence-corrected chi connectivity index (χ4v) is 2.53. The van der Waals surface area contributed by atoms with Crippen molar-refractivity contribution in [2.45, 2.75) is 19.6 Å². The van der Waals surface area contributed by atoms with Gasteiger partial charge < -0.3 is 9.64 Å². The number of hydrogen-bond donors (Lipinski definition) is 0. The van der Waals surface area contributed by atoms with Crippen LogP contribution >= 0.6 is 11.6 Å². The van der Waals surface area contributed by atoms with Gasteiger partial charge in [0.25, 0.3) is 0 Å². The van der Waals surface area contributed by atoms with E-state index >= 15 is 0 Å². The fraction of sp³-hybridized carbons (Fsp3) is 0.250. The number of amides is 1. The molecular formula is C16H15ClN2O2. The highest BCUT2D eigenvalue weighted by Crippen LogP contribution is 2.30. The molecule has 108 valence electrons. The van der Waals surface area contributed by atoms with E-state index in [1.165, 1.54) is 0 Å². The number of aromatic nitrogens is 1. The third-order valence-electron chi connectivity index (χ3n) is 3.52. The molecule has 4 nitrogen and oxygen atoms in total. The van der Waals surface area contributed by atoms with E-state index in [4.69, 9.17) is 16.3 Å². The summed E-state index contributed by atoms with van der Waals surface area (Å²) < 4.78 is 6.01. The number of carbonyl (C=O) groups is 1. The molecule has 0 spiro atoms. The van der Waals surface area contributed by atoms with Crippen LogP contribution < -0.4 is 4.74 Å². The average Bonchev–Trinajstić information content (AvgIpc) is 2.67. The van der Waals surface area contributed by atoms with Gasteiger partial charge in [0.15, 0.2) is 0 Å². The number of carbonyl (C=O) groups excluding carboxylic acids is 1. The molecule has 0 bridgehead atoms. The van der Waals surface area contributed by atoms with Crippen molar-refractivity contribution in [3.63, 3.8) is 0 Å². The van der Waals surface area contributed by atoms with Gasteiger partial charge in [-0.1, -0.05) is 41.9 Å². The maximum absolute atomic E-state index is 11.8. The van der Waals surface area contributed by atoms with E-state index < -0.39 is 0 Å². The quantitative estimate of drug-likeness (QED) is 0.760. The molecule has 0 saturated heterocycles. The number of rotatable bonds is 1. The largest absolute Gasteiger partial charge is 0.467 e. The Labute approximate surface area is 128 Å². The lowest BCUT2D eigenvalue weighted by Gasteiger charge is -2.22. The second-order valence-corrected chi connectivity index (χ2v) is 5.40. The van der Waals surface area contributed by atoms with Gasteiger partial charge in [0.2, 0.25) is 11.8 Å². The molecule has 0 unspecified atom stereocenters. The van der Waals surface area contributed by atoms with Crippen LogP contribution in [0, 0.1) is 0 Å². The molecule has 21 heavy (non-hydrogen) atoms. The van der Waals surface area contributed by atoms with E-state index in [9.17, 15) is 4.79 Å². The molecule has 1 aliphatic rings. The fourth-order valence-electron chi connectivity index (χ4n) is 2.39. The molecule has 5 heteroatoms. The van der Waals surface area contributed by atoms with Crippen molar-refractivity contribution in [3.05, 3.63) is 58.7 Å². The van der Waals surface area contributed by atoms with Crippen LogP contribution in [0.25, 0.3) is 0 Å². The monoisotopic (exact) mass is 302 g/mol.